The molecule has 1 aromatic rings. The highest BCUT2D eigenvalue weighted by Gasteiger charge is 2.05. The summed E-state index contributed by atoms with van der Waals surface area (Å²) in [4.78, 5) is 0. The Morgan fingerprint density at radius 3 is 2.58 bits per heavy atom. The highest BCUT2D eigenvalue weighted by Crippen LogP contribution is 2.18. The SMILES string of the molecule is CCc1ccccc1[C@H](C)CN. The molecule has 0 bridgehead atoms. The van der Waals surface area contributed by atoms with Gasteiger partial charge in [-0.25, -0.2) is 0 Å². The maximum absolute atomic E-state index is 5.63. The predicted octanol–water partition coefficient (Wildman–Crippen LogP) is 2.31. The zero-order valence-electron chi connectivity index (χ0n) is 7.88. The van der Waals surface area contributed by atoms with Gasteiger partial charge in [0.15, 0.2) is 0 Å². The maximum Gasteiger partial charge on any atom is -0.00108 e. The highest BCUT2D eigenvalue weighted by atomic mass is 14.5. The summed E-state index contributed by atoms with van der Waals surface area (Å²) in [6, 6.07) is 8.53. The molecule has 0 aliphatic heterocycles. The molecule has 12 heavy (non-hydrogen) atoms. The van der Waals surface area contributed by atoms with Crippen LogP contribution in [0, 0.1) is 0 Å². The van der Waals surface area contributed by atoms with Crippen LogP contribution in [-0.4, -0.2) is 6.54 Å². The van der Waals surface area contributed by atoms with Crippen molar-refractivity contribution in [3.8, 4) is 0 Å². The molecule has 0 unspecified atom stereocenters. The van der Waals surface area contributed by atoms with Crippen molar-refractivity contribution in [3.63, 3.8) is 0 Å². The Hall–Kier alpha value is -0.820. The molecular formula is C11H17N. The molecule has 0 radical (unpaired) electrons. The van der Waals surface area contributed by atoms with Gasteiger partial charge in [0.25, 0.3) is 0 Å². The molecule has 66 valence electrons. The van der Waals surface area contributed by atoms with E-state index in [1.54, 1.807) is 0 Å². The van der Waals surface area contributed by atoms with Gasteiger partial charge in [0.1, 0.15) is 0 Å². The molecule has 0 aliphatic rings. The van der Waals surface area contributed by atoms with E-state index in [0.29, 0.717) is 5.92 Å². The van der Waals surface area contributed by atoms with Gasteiger partial charge in [-0.2, -0.15) is 0 Å². The number of benzene rings is 1. The average Bonchev–Trinajstić information content (AvgIpc) is 2.16. The standard InChI is InChI=1S/C11H17N/c1-3-10-6-4-5-7-11(10)9(2)8-12/h4-7,9H,3,8,12H2,1-2H3/t9-/m1/s1. The Morgan fingerprint density at radius 2 is 2.00 bits per heavy atom. The third-order valence-electron chi connectivity index (χ3n) is 2.32. The van der Waals surface area contributed by atoms with Crippen molar-refractivity contribution in [3.05, 3.63) is 35.4 Å². The zero-order chi connectivity index (χ0) is 8.97. The van der Waals surface area contributed by atoms with Crippen LogP contribution in [0.15, 0.2) is 24.3 Å². The van der Waals surface area contributed by atoms with Gasteiger partial charge in [0, 0.05) is 0 Å². The normalized spacial score (nSPS) is 12.9. The minimum Gasteiger partial charge on any atom is -0.330 e. The molecule has 1 rings (SSSR count). The first kappa shape index (κ1) is 9.27. The van der Waals surface area contributed by atoms with Gasteiger partial charge in [0.2, 0.25) is 0 Å². The molecule has 1 heteroatoms. The Balaban J connectivity index is 2.96. The number of nitrogens with two attached hydrogens (primary N) is 1. The second-order valence-corrected chi connectivity index (χ2v) is 3.19. The number of hydrogen-bond acceptors (Lipinski definition) is 1. The lowest BCUT2D eigenvalue weighted by Crippen LogP contribution is -2.10. The smallest absolute Gasteiger partial charge is 0.00108 e. The Bertz CT molecular complexity index is 243. The monoisotopic (exact) mass is 163 g/mol. The largest absolute Gasteiger partial charge is 0.330 e. The quantitative estimate of drug-likeness (QED) is 0.727. The number of aryl methyl sites for hydroxylation is 1. The van der Waals surface area contributed by atoms with Gasteiger partial charge in [-0.1, -0.05) is 38.1 Å². The van der Waals surface area contributed by atoms with Crippen LogP contribution in [-0.2, 0) is 6.42 Å². The van der Waals surface area contributed by atoms with Crippen LogP contribution in [0.4, 0.5) is 0 Å². The number of hydrogen-bond donors (Lipinski definition) is 1. The van der Waals surface area contributed by atoms with Gasteiger partial charge in [-0.15, -0.1) is 0 Å². The van der Waals surface area contributed by atoms with Gasteiger partial charge in [0.05, 0.1) is 0 Å². The zero-order valence-corrected chi connectivity index (χ0v) is 7.88. The van der Waals surface area contributed by atoms with E-state index < -0.39 is 0 Å². The van der Waals surface area contributed by atoms with Crippen molar-refractivity contribution in [1.82, 2.24) is 0 Å². The van der Waals surface area contributed by atoms with Gasteiger partial charge in [-0.05, 0) is 30.0 Å². The van der Waals surface area contributed by atoms with E-state index in [4.69, 9.17) is 5.73 Å². The summed E-state index contributed by atoms with van der Waals surface area (Å²) in [5.41, 5.74) is 8.46. The summed E-state index contributed by atoms with van der Waals surface area (Å²) in [7, 11) is 0. The fraction of sp³-hybridized carbons (Fsp3) is 0.455. The van der Waals surface area contributed by atoms with E-state index in [-0.39, 0.29) is 0 Å². The highest BCUT2D eigenvalue weighted by molar-refractivity contribution is 5.30. The van der Waals surface area contributed by atoms with Gasteiger partial charge in [-0.3, -0.25) is 0 Å². The van der Waals surface area contributed by atoms with E-state index in [1.165, 1.54) is 11.1 Å². The predicted molar refractivity (Wildman–Crippen MR) is 53.3 cm³/mol. The van der Waals surface area contributed by atoms with Crippen molar-refractivity contribution in [2.24, 2.45) is 5.73 Å². The van der Waals surface area contributed by atoms with E-state index >= 15 is 0 Å². The lowest BCUT2D eigenvalue weighted by Gasteiger charge is -2.12. The Kier molecular flexibility index (Phi) is 3.30. The van der Waals surface area contributed by atoms with Crippen LogP contribution in [0.25, 0.3) is 0 Å². The third-order valence-corrected chi connectivity index (χ3v) is 2.32. The average molecular weight is 163 g/mol. The molecular weight excluding hydrogens is 146 g/mol. The van der Waals surface area contributed by atoms with E-state index in [1.807, 2.05) is 0 Å². The van der Waals surface area contributed by atoms with E-state index in [9.17, 15) is 0 Å². The molecule has 0 aliphatic carbocycles. The van der Waals surface area contributed by atoms with Crippen molar-refractivity contribution in [2.45, 2.75) is 26.2 Å². The van der Waals surface area contributed by atoms with Crippen LogP contribution in [0.1, 0.15) is 30.9 Å². The molecule has 0 amide bonds. The molecule has 0 heterocycles. The van der Waals surface area contributed by atoms with Crippen molar-refractivity contribution >= 4 is 0 Å². The minimum absolute atomic E-state index is 0.487. The van der Waals surface area contributed by atoms with Gasteiger partial charge >= 0.3 is 0 Å². The molecule has 1 aromatic carbocycles. The first-order chi connectivity index (χ1) is 5.79. The van der Waals surface area contributed by atoms with Crippen molar-refractivity contribution in [1.29, 1.82) is 0 Å². The summed E-state index contributed by atoms with van der Waals surface area (Å²) in [6.07, 6.45) is 1.10. The first-order valence-corrected chi connectivity index (χ1v) is 4.57. The Labute approximate surface area is 74.6 Å². The molecule has 1 atom stereocenters. The maximum atomic E-state index is 5.63. The van der Waals surface area contributed by atoms with Crippen LogP contribution in [0.5, 0.6) is 0 Å². The molecule has 2 N–H and O–H groups in total. The molecule has 1 nitrogen and oxygen atoms in total. The minimum atomic E-state index is 0.487. The van der Waals surface area contributed by atoms with Crippen LogP contribution >= 0.6 is 0 Å². The summed E-state index contributed by atoms with van der Waals surface area (Å²) in [6.45, 7) is 5.09. The van der Waals surface area contributed by atoms with Crippen molar-refractivity contribution < 1.29 is 0 Å². The van der Waals surface area contributed by atoms with Crippen LogP contribution in [0.3, 0.4) is 0 Å². The molecule has 0 saturated carbocycles. The fourth-order valence-electron chi connectivity index (χ4n) is 1.46. The second kappa shape index (κ2) is 4.27. The molecule has 0 spiro atoms. The fourth-order valence-corrected chi connectivity index (χ4v) is 1.46. The summed E-state index contributed by atoms with van der Waals surface area (Å²) in [5.74, 6) is 0.487. The van der Waals surface area contributed by atoms with E-state index in [0.717, 1.165) is 13.0 Å². The molecule has 0 saturated heterocycles. The molecule has 0 fully saturated rings. The first-order valence-electron chi connectivity index (χ1n) is 4.57. The lowest BCUT2D eigenvalue weighted by atomic mass is 9.95. The second-order valence-electron chi connectivity index (χ2n) is 3.19. The summed E-state index contributed by atoms with van der Waals surface area (Å²) >= 11 is 0. The van der Waals surface area contributed by atoms with Crippen molar-refractivity contribution in [2.75, 3.05) is 6.54 Å². The topological polar surface area (TPSA) is 26.0 Å². The summed E-state index contributed by atoms with van der Waals surface area (Å²) < 4.78 is 0. The number of rotatable bonds is 3. The lowest BCUT2D eigenvalue weighted by molar-refractivity contribution is 0.762. The van der Waals surface area contributed by atoms with Crippen LogP contribution < -0.4 is 5.73 Å². The van der Waals surface area contributed by atoms with E-state index in [2.05, 4.69) is 38.1 Å². The Morgan fingerprint density at radius 1 is 1.33 bits per heavy atom. The van der Waals surface area contributed by atoms with Gasteiger partial charge < -0.3 is 5.73 Å². The third kappa shape index (κ3) is 1.86. The van der Waals surface area contributed by atoms with Crippen LogP contribution in [0.2, 0.25) is 0 Å². The molecule has 0 aromatic heterocycles. The summed E-state index contributed by atoms with van der Waals surface area (Å²) in [5, 5.41) is 0.